The Kier molecular flexibility index (Phi) is 9.97. The van der Waals surface area contributed by atoms with Gasteiger partial charge in [-0.05, 0) is 52.3 Å². The van der Waals surface area contributed by atoms with Crippen LogP contribution in [0.2, 0.25) is 10.0 Å². The second-order valence-corrected chi connectivity index (χ2v) is 7.86. The summed E-state index contributed by atoms with van der Waals surface area (Å²) in [5, 5.41) is 0.831. The molecule has 0 atom stereocenters. The molecule has 2 aromatic carbocycles. The molecule has 0 saturated carbocycles. The fourth-order valence-corrected chi connectivity index (χ4v) is 3.09. The second kappa shape index (κ2) is 11.2. The van der Waals surface area contributed by atoms with E-state index in [1.54, 1.807) is 24.3 Å². The lowest BCUT2D eigenvalue weighted by molar-refractivity contribution is -0.133. The van der Waals surface area contributed by atoms with Crippen molar-refractivity contribution in [1.82, 2.24) is 0 Å². The molecule has 0 N–H and O–H groups in total. The first kappa shape index (κ1) is 24.9. The average Bonchev–Trinajstić information content (AvgIpc) is 2.63. The van der Waals surface area contributed by atoms with E-state index in [2.05, 4.69) is 36.6 Å². The molecular weight excluding hydrogens is 552 g/mol. The minimum absolute atomic E-state index is 0.178. The highest BCUT2D eigenvalue weighted by Crippen LogP contribution is 2.26. The zero-order chi connectivity index (χ0) is 21.5. The van der Waals surface area contributed by atoms with Crippen LogP contribution in [0.15, 0.2) is 45.3 Å². The highest BCUT2D eigenvalue weighted by molar-refractivity contribution is 9.10. The Bertz CT molecular complexity index is 858. The van der Waals surface area contributed by atoms with Gasteiger partial charge in [-0.25, -0.2) is 4.79 Å². The number of halogens is 7. The van der Waals surface area contributed by atoms with Gasteiger partial charge in [-0.2, -0.15) is 13.2 Å². The Hall–Kier alpha value is -1.09. The number of hydrogen-bond acceptors (Lipinski definition) is 3. The maximum Gasteiger partial charge on any atom is 0.389 e. The lowest BCUT2D eigenvalue weighted by Crippen LogP contribution is -2.11. The summed E-state index contributed by atoms with van der Waals surface area (Å²) >= 11 is 17.6. The van der Waals surface area contributed by atoms with Crippen LogP contribution in [0.3, 0.4) is 0 Å². The maximum atomic E-state index is 11.9. The molecular formula is C18H13Br2Cl2F3O3. The van der Waals surface area contributed by atoms with Gasteiger partial charge in [-0.1, -0.05) is 39.1 Å². The van der Waals surface area contributed by atoms with Crippen LogP contribution in [0.5, 0.6) is 0 Å². The number of alkyl halides is 3. The standard InChI is InChI=1S/C10H7BrClF3O.C8H6BrClO2/c11-8-2-1-6(12)5-7(8)9(16)3-4-10(13,14)15;1-12-8(11)6-4-5(10)2-3-7(6)9/h1-2,5H,3-4H2;2-4H,1H3. The van der Waals surface area contributed by atoms with Gasteiger partial charge in [0.05, 0.1) is 19.1 Å². The van der Waals surface area contributed by atoms with Gasteiger partial charge in [-0.15, -0.1) is 0 Å². The SMILES string of the molecule is COC(=O)c1cc(Cl)ccc1Br.O=C(CCC(F)(F)F)c1cc(Cl)ccc1Br. The van der Waals surface area contributed by atoms with Gasteiger partial charge in [0.1, 0.15) is 0 Å². The molecule has 3 nitrogen and oxygen atoms in total. The first-order valence-corrected chi connectivity index (χ1v) is 9.87. The fraction of sp³-hybridized carbons (Fsp3) is 0.222. The van der Waals surface area contributed by atoms with E-state index < -0.39 is 30.8 Å². The van der Waals surface area contributed by atoms with Crippen molar-refractivity contribution < 1.29 is 27.5 Å². The number of benzene rings is 2. The Morgan fingerprint density at radius 1 is 0.964 bits per heavy atom. The molecule has 0 aliphatic heterocycles. The summed E-state index contributed by atoms with van der Waals surface area (Å²) in [5.41, 5.74) is 0.613. The molecule has 0 aliphatic carbocycles. The van der Waals surface area contributed by atoms with Crippen LogP contribution in [-0.4, -0.2) is 25.0 Å². The molecule has 0 amide bonds. The van der Waals surface area contributed by atoms with Crippen LogP contribution in [0.1, 0.15) is 33.6 Å². The summed E-state index contributed by atoms with van der Waals surface area (Å²) in [4.78, 5) is 22.6. The molecule has 0 aromatic heterocycles. The molecule has 2 rings (SSSR count). The Morgan fingerprint density at radius 2 is 1.43 bits per heavy atom. The number of rotatable bonds is 4. The van der Waals surface area contributed by atoms with E-state index in [1.165, 1.54) is 19.2 Å². The molecule has 10 heteroatoms. The molecule has 0 spiro atoms. The number of ether oxygens (including phenoxy) is 1. The minimum atomic E-state index is -4.32. The van der Waals surface area contributed by atoms with Gasteiger partial charge < -0.3 is 4.74 Å². The predicted molar refractivity (Wildman–Crippen MR) is 109 cm³/mol. The summed E-state index contributed by atoms with van der Waals surface area (Å²) in [6.07, 6.45) is -6.01. The van der Waals surface area contributed by atoms with Crippen molar-refractivity contribution in [1.29, 1.82) is 0 Å². The summed E-state index contributed by atoms with van der Waals surface area (Å²) < 4.78 is 41.4. The maximum absolute atomic E-state index is 11.9. The lowest BCUT2D eigenvalue weighted by atomic mass is 10.1. The van der Waals surface area contributed by atoms with Gasteiger partial charge in [0.15, 0.2) is 5.78 Å². The van der Waals surface area contributed by atoms with E-state index in [1.807, 2.05) is 0 Å². The normalized spacial score (nSPS) is 10.7. The summed E-state index contributed by atoms with van der Waals surface area (Å²) in [6, 6.07) is 9.38. The van der Waals surface area contributed by atoms with Crippen LogP contribution < -0.4 is 0 Å². The van der Waals surface area contributed by atoms with Crippen LogP contribution in [0.4, 0.5) is 13.2 Å². The number of hydrogen-bond donors (Lipinski definition) is 0. The highest BCUT2D eigenvalue weighted by atomic mass is 79.9. The van der Waals surface area contributed by atoms with Crippen LogP contribution >= 0.6 is 55.1 Å². The molecule has 0 heterocycles. The van der Waals surface area contributed by atoms with Crippen molar-refractivity contribution in [3.05, 3.63) is 66.5 Å². The van der Waals surface area contributed by atoms with Crippen molar-refractivity contribution in [2.45, 2.75) is 19.0 Å². The van der Waals surface area contributed by atoms with E-state index in [-0.39, 0.29) is 5.56 Å². The fourth-order valence-electron chi connectivity index (χ4n) is 1.86. The van der Waals surface area contributed by atoms with E-state index >= 15 is 0 Å². The Balaban J connectivity index is 0.000000292. The van der Waals surface area contributed by atoms with Crippen molar-refractivity contribution in [2.75, 3.05) is 7.11 Å². The number of carbonyl (C=O) groups is 2. The summed E-state index contributed by atoms with van der Waals surface area (Å²) in [6.45, 7) is 0. The Morgan fingerprint density at radius 3 is 1.89 bits per heavy atom. The van der Waals surface area contributed by atoms with E-state index in [4.69, 9.17) is 23.2 Å². The zero-order valence-electron chi connectivity index (χ0n) is 14.2. The number of carbonyl (C=O) groups excluding carboxylic acids is 2. The van der Waals surface area contributed by atoms with Crippen molar-refractivity contribution >= 4 is 66.8 Å². The third-order valence-electron chi connectivity index (χ3n) is 3.20. The first-order chi connectivity index (χ1) is 12.9. The van der Waals surface area contributed by atoms with Crippen molar-refractivity contribution in [3.63, 3.8) is 0 Å². The number of esters is 1. The molecule has 28 heavy (non-hydrogen) atoms. The summed E-state index contributed by atoms with van der Waals surface area (Å²) in [5.74, 6) is -0.976. The molecule has 0 radical (unpaired) electrons. The van der Waals surface area contributed by atoms with Gasteiger partial charge in [0.25, 0.3) is 0 Å². The molecule has 2 aromatic rings. The number of ketones is 1. The Labute approximate surface area is 186 Å². The van der Waals surface area contributed by atoms with Gasteiger partial charge in [0, 0.05) is 31.0 Å². The topological polar surface area (TPSA) is 43.4 Å². The minimum Gasteiger partial charge on any atom is -0.465 e. The van der Waals surface area contributed by atoms with Crippen LogP contribution in [0, 0.1) is 0 Å². The lowest BCUT2D eigenvalue weighted by Gasteiger charge is -2.07. The monoisotopic (exact) mass is 562 g/mol. The van der Waals surface area contributed by atoms with Crippen molar-refractivity contribution in [2.24, 2.45) is 0 Å². The molecule has 0 fully saturated rings. The second-order valence-electron chi connectivity index (χ2n) is 5.28. The third kappa shape index (κ3) is 8.51. The first-order valence-electron chi connectivity index (χ1n) is 7.53. The highest BCUT2D eigenvalue weighted by Gasteiger charge is 2.28. The van der Waals surface area contributed by atoms with E-state index in [0.717, 1.165) is 0 Å². The third-order valence-corrected chi connectivity index (χ3v) is 5.05. The zero-order valence-corrected chi connectivity index (χ0v) is 18.9. The number of Topliss-reactive ketones (excluding diaryl/α,β-unsaturated/α-hetero) is 1. The largest absolute Gasteiger partial charge is 0.465 e. The molecule has 0 saturated heterocycles. The molecule has 0 unspecified atom stereocenters. The summed E-state index contributed by atoms with van der Waals surface area (Å²) in [7, 11) is 1.33. The number of methoxy groups -OCH3 is 1. The van der Waals surface area contributed by atoms with Gasteiger partial charge in [-0.3, -0.25) is 4.79 Å². The van der Waals surface area contributed by atoms with Crippen LogP contribution in [-0.2, 0) is 4.74 Å². The van der Waals surface area contributed by atoms with E-state index in [0.29, 0.717) is 24.6 Å². The van der Waals surface area contributed by atoms with E-state index in [9.17, 15) is 22.8 Å². The van der Waals surface area contributed by atoms with Gasteiger partial charge in [0.2, 0.25) is 0 Å². The van der Waals surface area contributed by atoms with Crippen molar-refractivity contribution in [3.8, 4) is 0 Å². The van der Waals surface area contributed by atoms with Gasteiger partial charge >= 0.3 is 12.1 Å². The quantitative estimate of drug-likeness (QED) is 0.285. The average molecular weight is 565 g/mol. The molecule has 0 aliphatic rings. The predicted octanol–water partition coefficient (Wildman–Crippen LogP) is 7.52. The smallest absolute Gasteiger partial charge is 0.389 e. The van der Waals surface area contributed by atoms with Crippen LogP contribution in [0.25, 0.3) is 0 Å². The molecule has 152 valence electrons. The molecule has 0 bridgehead atoms.